The maximum Gasteiger partial charge on any atom is 0.416 e. The van der Waals surface area contributed by atoms with Gasteiger partial charge in [-0.1, -0.05) is 0 Å². The first kappa shape index (κ1) is 16.1. The minimum absolute atomic E-state index is 0.166. The van der Waals surface area contributed by atoms with Crippen LogP contribution in [-0.4, -0.2) is 32.7 Å². The van der Waals surface area contributed by atoms with Gasteiger partial charge in [0.25, 0.3) is 10.0 Å². The summed E-state index contributed by atoms with van der Waals surface area (Å²) in [5.74, 6) is 0. The molecule has 0 saturated carbocycles. The Hall–Kier alpha value is -2.23. The van der Waals surface area contributed by atoms with Crippen LogP contribution in [0.25, 0.3) is 0 Å². The molecule has 0 saturated heterocycles. The highest BCUT2D eigenvalue weighted by Crippen LogP contribution is 2.35. The number of rotatable bonds is 4. The van der Waals surface area contributed by atoms with E-state index in [1.54, 1.807) is 14.1 Å². The number of aromatic nitrogens is 2. The van der Waals surface area contributed by atoms with Crippen molar-refractivity contribution in [2.75, 3.05) is 23.7 Å². The number of benzene rings is 1. The third-order valence-corrected chi connectivity index (χ3v) is 4.17. The number of alkyl halides is 3. The SMILES string of the molecule is CN(C)c1ccc(C(F)(F)F)cc1NS(=O)(=O)c1cn[nH]c1. The van der Waals surface area contributed by atoms with E-state index in [4.69, 9.17) is 0 Å². The van der Waals surface area contributed by atoms with Crippen molar-refractivity contribution in [1.82, 2.24) is 10.2 Å². The van der Waals surface area contributed by atoms with Gasteiger partial charge >= 0.3 is 6.18 Å². The van der Waals surface area contributed by atoms with E-state index in [1.807, 2.05) is 0 Å². The molecule has 0 atom stereocenters. The van der Waals surface area contributed by atoms with Crippen molar-refractivity contribution in [3.63, 3.8) is 0 Å². The predicted octanol–water partition coefficient (Wildman–Crippen LogP) is 2.30. The first-order chi connectivity index (χ1) is 10.1. The fourth-order valence-electron chi connectivity index (χ4n) is 1.77. The number of halogens is 3. The van der Waals surface area contributed by atoms with Gasteiger partial charge < -0.3 is 4.90 Å². The van der Waals surface area contributed by atoms with Crippen molar-refractivity contribution >= 4 is 21.4 Å². The number of nitrogens with zero attached hydrogens (tertiary/aromatic N) is 2. The Balaban J connectivity index is 2.48. The average molecular weight is 334 g/mol. The Bertz CT molecular complexity index is 755. The van der Waals surface area contributed by atoms with Crippen molar-refractivity contribution in [3.05, 3.63) is 36.2 Å². The van der Waals surface area contributed by atoms with E-state index >= 15 is 0 Å². The number of H-pyrrole nitrogens is 1. The summed E-state index contributed by atoms with van der Waals surface area (Å²) < 4.78 is 64.8. The topological polar surface area (TPSA) is 78.1 Å². The fraction of sp³-hybridized carbons (Fsp3) is 0.250. The van der Waals surface area contributed by atoms with Gasteiger partial charge in [0, 0.05) is 20.3 Å². The minimum Gasteiger partial charge on any atom is -0.376 e. The molecule has 0 aliphatic heterocycles. The summed E-state index contributed by atoms with van der Waals surface area (Å²) >= 11 is 0. The molecular formula is C12H13F3N4O2S. The van der Waals surface area contributed by atoms with Crippen LogP contribution in [0.4, 0.5) is 24.5 Å². The minimum atomic E-state index is -4.57. The number of hydrogen-bond acceptors (Lipinski definition) is 4. The Morgan fingerprint density at radius 2 is 1.95 bits per heavy atom. The van der Waals surface area contributed by atoms with Crippen LogP contribution in [0.3, 0.4) is 0 Å². The second kappa shape index (κ2) is 5.52. The van der Waals surface area contributed by atoms with Crippen molar-refractivity contribution in [2.45, 2.75) is 11.1 Å². The van der Waals surface area contributed by atoms with E-state index in [1.165, 1.54) is 11.0 Å². The maximum absolute atomic E-state index is 12.8. The predicted molar refractivity (Wildman–Crippen MR) is 75.2 cm³/mol. The largest absolute Gasteiger partial charge is 0.416 e. The molecule has 0 amide bonds. The van der Waals surface area contributed by atoms with Gasteiger partial charge in [-0.25, -0.2) is 8.42 Å². The van der Waals surface area contributed by atoms with Crippen molar-refractivity contribution in [3.8, 4) is 0 Å². The van der Waals surface area contributed by atoms with Gasteiger partial charge in [-0.3, -0.25) is 9.82 Å². The Morgan fingerprint density at radius 3 is 2.45 bits per heavy atom. The summed E-state index contributed by atoms with van der Waals surface area (Å²) in [6.45, 7) is 0. The fourth-order valence-corrected chi connectivity index (χ4v) is 2.74. The van der Waals surface area contributed by atoms with E-state index < -0.39 is 21.8 Å². The molecule has 6 nitrogen and oxygen atoms in total. The van der Waals surface area contributed by atoms with Crippen LogP contribution in [-0.2, 0) is 16.2 Å². The van der Waals surface area contributed by atoms with E-state index in [2.05, 4.69) is 14.9 Å². The zero-order chi connectivity index (χ0) is 16.5. The zero-order valence-corrected chi connectivity index (χ0v) is 12.5. The van der Waals surface area contributed by atoms with Crippen LogP contribution in [0.5, 0.6) is 0 Å². The number of nitrogens with one attached hydrogen (secondary N) is 2. The van der Waals surface area contributed by atoms with E-state index in [9.17, 15) is 21.6 Å². The lowest BCUT2D eigenvalue weighted by molar-refractivity contribution is -0.137. The van der Waals surface area contributed by atoms with Crippen LogP contribution in [0.15, 0.2) is 35.5 Å². The molecule has 1 aromatic carbocycles. The summed E-state index contributed by atoms with van der Waals surface area (Å²) in [6.07, 6.45) is -2.38. The molecule has 0 bridgehead atoms. The molecule has 10 heteroatoms. The summed E-state index contributed by atoms with van der Waals surface area (Å²) in [7, 11) is -0.835. The van der Waals surface area contributed by atoms with Crippen LogP contribution >= 0.6 is 0 Å². The Kier molecular flexibility index (Phi) is 4.05. The second-order valence-electron chi connectivity index (χ2n) is 4.66. The number of sulfonamides is 1. The standard InChI is InChI=1S/C12H13F3N4O2S/c1-19(2)11-4-3-8(12(13,14)15)5-10(11)18-22(20,21)9-6-16-17-7-9/h3-7,18H,1-2H3,(H,16,17). The lowest BCUT2D eigenvalue weighted by Gasteiger charge is -2.20. The molecule has 2 aromatic rings. The molecule has 0 aliphatic carbocycles. The highest BCUT2D eigenvalue weighted by Gasteiger charge is 2.31. The van der Waals surface area contributed by atoms with Crippen LogP contribution in [0.2, 0.25) is 0 Å². The summed E-state index contributed by atoms with van der Waals surface area (Å²) in [5, 5.41) is 5.84. The zero-order valence-electron chi connectivity index (χ0n) is 11.6. The van der Waals surface area contributed by atoms with Crippen LogP contribution in [0, 0.1) is 0 Å². The summed E-state index contributed by atoms with van der Waals surface area (Å²) in [6, 6.07) is 2.86. The Labute approximate surface area is 125 Å². The lowest BCUT2D eigenvalue weighted by atomic mass is 10.1. The third kappa shape index (κ3) is 3.32. The molecule has 0 spiro atoms. The van der Waals surface area contributed by atoms with Gasteiger partial charge in [0.1, 0.15) is 4.90 Å². The normalized spacial score (nSPS) is 12.2. The highest BCUT2D eigenvalue weighted by molar-refractivity contribution is 7.92. The number of anilines is 2. The number of aromatic amines is 1. The lowest BCUT2D eigenvalue weighted by Crippen LogP contribution is -2.18. The van der Waals surface area contributed by atoms with E-state index in [-0.39, 0.29) is 10.6 Å². The molecule has 2 N–H and O–H groups in total. The first-order valence-corrected chi connectivity index (χ1v) is 7.50. The molecule has 120 valence electrons. The summed E-state index contributed by atoms with van der Waals surface area (Å²) in [4.78, 5) is 1.34. The second-order valence-corrected chi connectivity index (χ2v) is 6.35. The molecule has 0 radical (unpaired) electrons. The van der Waals surface area contributed by atoms with E-state index in [0.717, 1.165) is 24.5 Å². The summed E-state index contributed by atoms with van der Waals surface area (Å²) in [5.41, 5.74) is -0.802. The van der Waals surface area contributed by atoms with Crippen molar-refractivity contribution in [2.24, 2.45) is 0 Å². The van der Waals surface area contributed by atoms with E-state index in [0.29, 0.717) is 5.69 Å². The molecule has 22 heavy (non-hydrogen) atoms. The quantitative estimate of drug-likeness (QED) is 0.899. The molecular weight excluding hydrogens is 321 g/mol. The Morgan fingerprint density at radius 1 is 1.27 bits per heavy atom. The molecule has 2 rings (SSSR count). The molecule has 0 fully saturated rings. The molecule has 0 aliphatic rings. The third-order valence-electron chi connectivity index (χ3n) is 2.83. The highest BCUT2D eigenvalue weighted by atomic mass is 32.2. The average Bonchev–Trinajstić information content (AvgIpc) is 2.91. The van der Waals surface area contributed by atoms with Gasteiger partial charge in [0.2, 0.25) is 0 Å². The molecule has 1 heterocycles. The van der Waals surface area contributed by atoms with Gasteiger partial charge in [-0.05, 0) is 18.2 Å². The van der Waals surface area contributed by atoms with Gasteiger partial charge in [0.15, 0.2) is 0 Å². The van der Waals surface area contributed by atoms with Crippen molar-refractivity contribution < 1.29 is 21.6 Å². The first-order valence-electron chi connectivity index (χ1n) is 6.01. The maximum atomic E-state index is 12.8. The monoisotopic (exact) mass is 334 g/mol. The smallest absolute Gasteiger partial charge is 0.376 e. The van der Waals surface area contributed by atoms with Gasteiger partial charge in [-0.2, -0.15) is 18.3 Å². The van der Waals surface area contributed by atoms with Crippen LogP contribution < -0.4 is 9.62 Å². The van der Waals surface area contributed by atoms with Gasteiger partial charge in [0.05, 0.1) is 23.1 Å². The van der Waals surface area contributed by atoms with Crippen LogP contribution in [0.1, 0.15) is 5.56 Å². The van der Waals surface area contributed by atoms with Crippen molar-refractivity contribution in [1.29, 1.82) is 0 Å². The van der Waals surface area contributed by atoms with Gasteiger partial charge in [-0.15, -0.1) is 0 Å². The number of hydrogen-bond donors (Lipinski definition) is 2. The molecule has 1 aromatic heterocycles. The molecule has 0 unspecified atom stereocenters.